The molecule has 0 saturated heterocycles. The summed E-state index contributed by atoms with van der Waals surface area (Å²) in [6.45, 7) is 2.98. The maximum atomic E-state index is 12.0. The lowest BCUT2D eigenvalue weighted by Crippen LogP contribution is -2.21. The molecule has 0 atom stereocenters. The normalized spacial score (nSPS) is 15.0. The molecule has 2 nitrogen and oxygen atoms in total. The minimum Gasteiger partial charge on any atom is -0.494 e. The van der Waals surface area contributed by atoms with Crippen molar-refractivity contribution < 1.29 is 9.53 Å². The van der Waals surface area contributed by atoms with Gasteiger partial charge < -0.3 is 4.74 Å². The van der Waals surface area contributed by atoms with Gasteiger partial charge in [0.1, 0.15) is 5.75 Å². The smallest absolute Gasteiger partial charge is 0.165 e. The number of carbonyl (C=O) groups excluding carboxylic acids is 1. The van der Waals surface area contributed by atoms with Gasteiger partial charge in [0.25, 0.3) is 0 Å². The predicted octanol–water partition coefficient (Wildman–Crippen LogP) is 4.63. The predicted molar refractivity (Wildman–Crippen MR) is 77.8 cm³/mol. The highest BCUT2D eigenvalue weighted by molar-refractivity contribution is 5.98. The monoisotopic (exact) mass is 260 g/mol. The fourth-order valence-corrected chi connectivity index (χ4v) is 2.34. The van der Waals surface area contributed by atoms with Crippen LogP contribution in [-0.2, 0) is 0 Å². The van der Waals surface area contributed by atoms with Crippen molar-refractivity contribution in [3.05, 3.63) is 29.8 Å². The summed E-state index contributed by atoms with van der Waals surface area (Å²) in [5, 5.41) is 0. The lowest BCUT2D eigenvalue weighted by molar-refractivity contribution is 0.0855. The van der Waals surface area contributed by atoms with E-state index in [1.807, 2.05) is 24.3 Å². The van der Waals surface area contributed by atoms with E-state index in [1.165, 1.54) is 25.7 Å². The first-order valence-electron chi connectivity index (χ1n) is 7.58. The molecule has 0 spiro atoms. The van der Waals surface area contributed by atoms with Crippen LogP contribution in [-0.4, -0.2) is 12.4 Å². The second-order valence-electron chi connectivity index (χ2n) is 5.43. The molecule has 0 amide bonds. The number of ether oxygens (including phenoxy) is 1. The number of benzene rings is 1. The fourth-order valence-electron chi connectivity index (χ4n) is 2.34. The molecule has 104 valence electrons. The van der Waals surface area contributed by atoms with E-state index < -0.39 is 0 Å². The Hall–Kier alpha value is -1.31. The second-order valence-corrected chi connectivity index (χ2v) is 5.43. The van der Waals surface area contributed by atoms with E-state index in [9.17, 15) is 4.79 Å². The largest absolute Gasteiger partial charge is 0.494 e. The molecule has 0 unspecified atom stereocenters. The van der Waals surface area contributed by atoms with Crippen molar-refractivity contribution in [1.29, 1.82) is 0 Å². The maximum Gasteiger partial charge on any atom is 0.165 e. The SMILES string of the molecule is CCCCCCOc1ccc(C(=O)C2CCC2)cc1. The van der Waals surface area contributed by atoms with Gasteiger partial charge in [0.15, 0.2) is 5.78 Å². The maximum absolute atomic E-state index is 12.0. The molecule has 1 fully saturated rings. The molecule has 2 heteroatoms. The summed E-state index contributed by atoms with van der Waals surface area (Å²) >= 11 is 0. The third-order valence-corrected chi connectivity index (χ3v) is 3.88. The molecule has 1 aromatic carbocycles. The van der Waals surface area contributed by atoms with Crippen molar-refractivity contribution in [2.24, 2.45) is 5.92 Å². The van der Waals surface area contributed by atoms with Crippen molar-refractivity contribution >= 4 is 5.78 Å². The highest BCUT2D eigenvalue weighted by Gasteiger charge is 2.25. The van der Waals surface area contributed by atoms with Crippen LogP contribution >= 0.6 is 0 Å². The van der Waals surface area contributed by atoms with Gasteiger partial charge in [0.05, 0.1) is 6.61 Å². The first kappa shape index (κ1) is 14.1. The van der Waals surface area contributed by atoms with E-state index in [1.54, 1.807) is 0 Å². The lowest BCUT2D eigenvalue weighted by Gasteiger charge is -2.23. The molecule has 0 aromatic heterocycles. The third kappa shape index (κ3) is 4.09. The molecule has 1 saturated carbocycles. The molecule has 0 N–H and O–H groups in total. The number of carbonyl (C=O) groups is 1. The Labute approximate surface area is 116 Å². The first-order valence-corrected chi connectivity index (χ1v) is 7.58. The zero-order chi connectivity index (χ0) is 13.5. The summed E-state index contributed by atoms with van der Waals surface area (Å²) in [6, 6.07) is 7.65. The summed E-state index contributed by atoms with van der Waals surface area (Å²) in [4.78, 5) is 12.0. The Bertz CT molecular complexity index is 390. The zero-order valence-electron chi connectivity index (χ0n) is 11.9. The van der Waals surface area contributed by atoms with Gasteiger partial charge in [-0.25, -0.2) is 0 Å². The van der Waals surface area contributed by atoms with E-state index in [2.05, 4.69) is 6.92 Å². The van der Waals surface area contributed by atoms with E-state index in [-0.39, 0.29) is 5.92 Å². The van der Waals surface area contributed by atoms with Crippen molar-refractivity contribution in [2.75, 3.05) is 6.61 Å². The van der Waals surface area contributed by atoms with Gasteiger partial charge >= 0.3 is 0 Å². The van der Waals surface area contributed by atoms with Gasteiger partial charge in [-0.1, -0.05) is 32.6 Å². The van der Waals surface area contributed by atoms with Gasteiger partial charge in [-0.2, -0.15) is 0 Å². The van der Waals surface area contributed by atoms with E-state index in [4.69, 9.17) is 4.74 Å². The van der Waals surface area contributed by atoms with Crippen molar-refractivity contribution in [3.8, 4) is 5.75 Å². The van der Waals surface area contributed by atoms with Gasteiger partial charge in [-0.3, -0.25) is 4.79 Å². The number of hydrogen-bond acceptors (Lipinski definition) is 2. The standard InChI is InChI=1S/C17H24O2/c1-2-3-4-5-13-19-16-11-9-15(10-12-16)17(18)14-7-6-8-14/h9-12,14H,2-8,13H2,1H3. The third-order valence-electron chi connectivity index (χ3n) is 3.88. The molecule has 1 aliphatic carbocycles. The quantitative estimate of drug-likeness (QED) is 0.503. The van der Waals surface area contributed by atoms with Gasteiger partial charge in [0, 0.05) is 11.5 Å². The van der Waals surface area contributed by atoms with Crippen LogP contribution in [0.1, 0.15) is 62.2 Å². The van der Waals surface area contributed by atoms with Crippen LogP contribution < -0.4 is 4.74 Å². The molecular weight excluding hydrogens is 236 g/mol. The molecule has 19 heavy (non-hydrogen) atoms. The number of Topliss-reactive ketones (excluding diaryl/α,β-unsaturated/α-hetero) is 1. The van der Waals surface area contributed by atoms with Crippen LogP contribution in [0.2, 0.25) is 0 Å². The Balaban J connectivity index is 1.76. The molecule has 0 radical (unpaired) electrons. The number of rotatable bonds is 8. The topological polar surface area (TPSA) is 26.3 Å². The van der Waals surface area contributed by atoms with Crippen molar-refractivity contribution in [2.45, 2.75) is 51.9 Å². The Morgan fingerprint density at radius 3 is 2.47 bits per heavy atom. The Morgan fingerprint density at radius 1 is 1.16 bits per heavy atom. The minimum atomic E-state index is 0.279. The molecular formula is C17H24O2. The van der Waals surface area contributed by atoms with E-state index in [0.29, 0.717) is 5.78 Å². The van der Waals surface area contributed by atoms with Crippen molar-refractivity contribution in [1.82, 2.24) is 0 Å². The number of unbranched alkanes of at least 4 members (excludes halogenated alkanes) is 3. The number of hydrogen-bond donors (Lipinski definition) is 0. The van der Waals surface area contributed by atoms with E-state index >= 15 is 0 Å². The summed E-state index contributed by atoms with van der Waals surface area (Å²) in [5.74, 6) is 1.46. The van der Waals surface area contributed by atoms with Crippen LogP contribution in [0, 0.1) is 5.92 Å². The molecule has 2 rings (SSSR count). The summed E-state index contributed by atoms with van der Waals surface area (Å²) in [5.41, 5.74) is 0.836. The second kappa shape index (κ2) is 7.32. The Morgan fingerprint density at radius 2 is 1.89 bits per heavy atom. The fraction of sp³-hybridized carbons (Fsp3) is 0.588. The van der Waals surface area contributed by atoms with Crippen LogP contribution in [0.4, 0.5) is 0 Å². The Kier molecular flexibility index (Phi) is 5.44. The summed E-state index contributed by atoms with van der Waals surface area (Å²) < 4.78 is 5.68. The molecule has 0 bridgehead atoms. The first-order chi connectivity index (χ1) is 9.31. The van der Waals surface area contributed by atoms with Crippen LogP contribution in [0.15, 0.2) is 24.3 Å². The van der Waals surface area contributed by atoms with Crippen LogP contribution in [0.3, 0.4) is 0 Å². The molecule has 0 heterocycles. The van der Waals surface area contributed by atoms with Gasteiger partial charge in [-0.05, 0) is 43.5 Å². The highest BCUT2D eigenvalue weighted by atomic mass is 16.5. The van der Waals surface area contributed by atoms with Crippen LogP contribution in [0.5, 0.6) is 5.75 Å². The highest BCUT2D eigenvalue weighted by Crippen LogP contribution is 2.30. The number of ketones is 1. The molecule has 1 aromatic rings. The minimum absolute atomic E-state index is 0.279. The molecule has 1 aliphatic rings. The van der Waals surface area contributed by atoms with Gasteiger partial charge in [-0.15, -0.1) is 0 Å². The molecule has 0 aliphatic heterocycles. The summed E-state index contributed by atoms with van der Waals surface area (Å²) in [7, 11) is 0. The average Bonchev–Trinajstić information content (AvgIpc) is 2.37. The van der Waals surface area contributed by atoms with Crippen molar-refractivity contribution in [3.63, 3.8) is 0 Å². The zero-order valence-corrected chi connectivity index (χ0v) is 11.9. The van der Waals surface area contributed by atoms with Crippen LogP contribution in [0.25, 0.3) is 0 Å². The average molecular weight is 260 g/mol. The summed E-state index contributed by atoms with van der Waals surface area (Å²) in [6.07, 6.45) is 8.19. The van der Waals surface area contributed by atoms with Gasteiger partial charge in [0.2, 0.25) is 0 Å². The lowest BCUT2D eigenvalue weighted by atomic mass is 9.80. The van der Waals surface area contributed by atoms with E-state index in [0.717, 1.165) is 37.2 Å².